The van der Waals surface area contributed by atoms with Crippen molar-refractivity contribution in [3.8, 4) is 0 Å². The molecule has 0 spiro atoms. The smallest absolute Gasteiger partial charge is 0.243 e. The molecule has 3 rings (SSSR count). The van der Waals surface area contributed by atoms with Gasteiger partial charge in [0.05, 0.1) is 0 Å². The number of rotatable bonds is 3. The van der Waals surface area contributed by atoms with Crippen LogP contribution < -0.4 is 5.43 Å². The Morgan fingerprint density at radius 3 is 2.64 bits per heavy atom. The molecule has 1 N–H and O–H groups in total. The van der Waals surface area contributed by atoms with Crippen molar-refractivity contribution in [3.05, 3.63) is 35.9 Å². The van der Waals surface area contributed by atoms with Crippen molar-refractivity contribution < 1.29 is 9.59 Å². The van der Waals surface area contributed by atoms with Gasteiger partial charge in [0.15, 0.2) is 0 Å². The highest BCUT2D eigenvalue weighted by Gasteiger charge is 2.44. The maximum absolute atomic E-state index is 12.2. The van der Waals surface area contributed by atoms with Gasteiger partial charge < -0.3 is 0 Å². The number of nitrogens with one attached hydrogen (secondary N) is 1. The lowest BCUT2D eigenvalue weighted by molar-refractivity contribution is -0.123. The molecule has 4 heteroatoms. The molecule has 0 aliphatic heterocycles. The minimum absolute atomic E-state index is 0.0130. The van der Waals surface area contributed by atoms with Crippen LogP contribution in [0, 0.1) is 11.3 Å². The zero-order chi connectivity index (χ0) is 15.7. The Balaban J connectivity index is 1.57. The minimum Gasteiger partial charge on any atom is -0.299 e. The Morgan fingerprint density at radius 2 is 1.95 bits per heavy atom. The minimum atomic E-state index is -0.0505. The number of ketones is 1. The Morgan fingerprint density at radius 1 is 1.23 bits per heavy atom. The largest absolute Gasteiger partial charge is 0.299 e. The number of hydrogen-bond acceptors (Lipinski definition) is 3. The predicted molar refractivity (Wildman–Crippen MR) is 85.5 cm³/mol. The molecular formula is C18H22N2O2. The molecule has 1 aromatic carbocycles. The van der Waals surface area contributed by atoms with Crippen molar-refractivity contribution >= 4 is 17.4 Å². The lowest BCUT2D eigenvalue weighted by Gasteiger charge is -2.29. The van der Waals surface area contributed by atoms with Crippen LogP contribution in [-0.4, -0.2) is 17.4 Å². The van der Waals surface area contributed by atoms with Crippen LogP contribution in [0.3, 0.4) is 0 Å². The van der Waals surface area contributed by atoms with E-state index in [9.17, 15) is 9.59 Å². The Bertz CT molecular complexity index is 619. The molecule has 1 amide bonds. The maximum atomic E-state index is 12.2. The van der Waals surface area contributed by atoms with E-state index in [0.717, 1.165) is 18.6 Å². The summed E-state index contributed by atoms with van der Waals surface area (Å²) in [6, 6.07) is 10.1. The van der Waals surface area contributed by atoms with E-state index in [1.165, 1.54) is 5.56 Å². The molecule has 0 unspecified atom stereocenters. The van der Waals surface area contributed by atoms with Gasteiger partial charge in [0, 0.05) is 24.5 Å². The highest BCUT2D eigenvalue weighted by Crippen LogP contribution is 2.47. The third-order valence-corrected chi connectivity index (χ3v) is 4.44. The molecule has 0 radical (unpaired) electrons. The fourth-order valence-electron chi connectivity index (χ4n) is 3.35. The first-order valence-corrected chi connectivity index (χ1v) is 7.86. The number of benzene rings is 1. The van der Waals surface area contributed by atoms with Gasteiger partial charge in [0.25, 0.3) is 0 Å². The summed E-state index contributed by atoms with van der Waals surface area (Å²) in [6.45, 7) is 4.13. The predicted octanol–water partition coefficient (Wildman–Crippen LogP) is 3.04. The first-order chi connectivity index (χ1) is 10.4. The van der Waals surface area contributed by atoms with Crippen molar-refractivity contribution in [2.45, 2.75) is 45.4 Å². The standard InChI is InChI=1S/C18H22N2O2/c1-18(2)10-13(8-14(21)11-18)19-20-17(22)16-9-15(16)12-6-4-3-5-7-12/h3-7,15-16H,8-11H2,1-2H3,(H,20,22)/b19-13+/t15-,16+/m1/s1. The first kappa shape index (κ1) is 14.9. The second kappa shape index (κ2) is 5.67. The molecule has 0 heterocycles. The second-order valence-corrected chi connectivity index (χ2v) is 7.25. The average molecular weight is 298 g/mol. The molecule has 2 atom stereocenters. The third kappa shape index (κ3) is 3.43. The van der Waals surface area contributed by atoms with Crippen LogP contribution in [-0.2, 0) is 9.59 Å². The van der Waals surface area contributed by atoms with Crippen LogP contribution >= 0.6 is 0 Å². The first-order valence-electron chi connectivity index (χ1n) is 7.86. The summed E-state index contributed by atoms with van der Waals surface area (Å²) in [5, 5.41) is 4.21. The van der Waals surface area contributed by atoms with Crippen LogP contribution in [0.4, 0.5) is 0 Å². The number of carbonyl (C=O) groups excluding carboxylic acids is 2. The Kier molecular flexibility index (Phi) is 3.85. The fraction of sp³-hybridized carbons (Fsp3) is 0.500. The summed E-state index contributed by atoms with van der Waals surface area (Å²) in [4.78, 5) is 23.9. The number of carbonyl (C=O) groups is 2. The SMILES string of the molecule is CC1(C)CC(=O)C/C(=N\NC(=O)[C@H]2C[C@@H]2c2ccccc2)C1. The van der Waals surface area contributed by atoms with Gasteiger partial charge >= 0.3 is 0 Å². The third-order valence-electron chi connectivity index (χ3n) is 4.44. The summed E-state index contributed by atoms with van der Waals surface area (Å²) in [5.74, 6) is 0.500. The van der Waals surface area contributed by atoms with Gasteiger partial charge in [-0.05, 0) is 29.7 Å². The molecule has 2 aliphatic rings. The molecule has 22 heavy (non-hydrogen) atoms. The second-order valence-electron chi connectivity index (χ2n) is 7.25. The molecular weight excluding hydrogens is 276 g/mol. The van der Waals surface area contributed by atoms with Gasteiger partial charge in [-0.3, -0.25) is 9.59 Å². The molecule has 0 bridgehead atoms. The van der Waals surface area contributed by atoms with Crippen LogP contribution in [0.2, 0.25) is 0 Å². The number of amides is 1. The van der Waals surface area contributed by atoms with Gasteiger partial charge in [-0.25, -0.2) is 5.43 Å². The molecule has 0 saturated heterocycles. The Hall–Kier alpha value is -1.97. The summed E-state index contributed by atoms with van der Waals surface area (Å²) < 4.78 is 0. The van der Waals surface area contributed by atoms with Crippen LogP contribution in [0.5, 0.6) is 0 Å². The van der Waals surface area contributed by atoms with Crippen LogP contribution in [0.1, 0.15) is 51.0 Å². The van der Waals surface area contributed by atoms with Crippen molar-refractivity contribution in [2.24, 2.45) is 16.4 Å². The fourth-order valence-corrected chi connectivity index (χ4v) is 3.35. The average Bonchev–Trinajstić information content (AvgIpc) is 3.24. The van der Waals surface area contributed by atoms with E-state index >= 15 is 0 Å². The summed E-state index contributed by atoms with van der Waals surface area (Å²) in [6.07, 6.45) is 2.62. The number of Topliss-reactive ketones (excluding diaryl/α,β-unsaturated/α-hetero) is 1. The van der Waals surface area contributed by atoms with E-state index in [1.807, 2.05) is 18.2 Å². The van der Waals surface area contributed by atoms with E-state index in [4.69, 9.17) is 0 Å². The highest BCUT2D eigenvalue weighted by atomic mass is 16.2. The van der Waals surface area contributed by atoms with Gasteiger partial charge in [0.1, 0.15) is 5.78 Å². The van der Waals surface area contributed by atoms with E-state index < -0.39 is 0 Å². The van der Waals surface area contributed by atoms with Gasteiger partial charge in [-0.15, -0.1) is 0 Å². The lowest BCUT2D eigenvalue weighted by atomic mass is 9.76. The normalized spacial score (nSPS) is 28.5. The molecule has 4 nitrogen and oxygen atoms in total. The summed E-state index contributed by atoms with van der Waals surface area (Å²) in [5.41, 5.74) is 4.63. The monoisotopic (exact) mass is 298 g/mol. The van der Waals surface area contributed by atoms with Crippen molar-refractivity contribution in [2.75, 3.05) is 0 Å². The molecule has 2 fully saturated rings. The van der Waals surface area contributed by atoms with E-state index in [2.05, 4.69) is 36.5 Å². The van der Waals surface area contributed by atoms with Gasteiger partial charge in [0.2, 0.25) is 5.91 Å². The summed E-state index contributed by atoms with van der Waals surface area (Å²) >= 11 is 0. The maximum Gasteiger partial charge on any atom is 0.243 e. The van der Waals surface area contributed by atoms with Crippen molar-refractivity contribution in [3.63, 3.8) is 0 Å². The highest BCUT2D eigenvalue weighted by molar-refractivity contribution is 6.05. The number of hydrazone groups is 1. The van der Waals surface area contributed by atoms with Gasteiger partial charge in [-0.1, -0.05) is 44.2 Å². The van der Waals surface area contributed by atoms with E-state index in [0.29, 0.717) is 18.8 Å². The molecule has 2 saturated carbocycles. The van der Waals surface area contributed by atoms with E-state index in [1.54, 1.807) is 0 Å². The van der Waals surface area contributed by atoms with E-state index in [-0.39, 0.29) is 23.0 Å². The molecule has 1 aromatic rings. The summed E-state index contributed by atoms with van der Waals surface area (Å²) in [7, 11) is 0. The molecule has 116 valence electrons. The molecule has 2 aliphatic carbocycles. The zero-order valence-electron chi connectivity index (χ0n) is 13.1. The van der Waals surface area contributed by atoms with Crippen LogP contribution in [0.25, 0.3) is 0 Å². The van der Waals surface area contributed by atoms with Crippen molar-refractivity contribution in [1.29, 1.82) is 0 Å². The quantitative estimate of drug-likeness (QED) is 0.872. The number of nitrogens with zero attached hydrogens (tertiary/aromatic N) is 1. The molecule has 0 aromatic heterocycles. The number of hydrogen-bond donors (Lipinski definition) is 1. The zero-order valence-corrected chi connectivity index (χ0v) is 13.1. The van der Waals surface area contributed by atoms with Gasteiger partial charge in [-0.2, -0.15) is 5.10 Å². The van der Waals surface area contributed by atoms with Crippen molar-refractivity contribution in [1.82, 2.24) is 5.43 Å². The van der Waals surface area contributed by atoms with Crippen LogP contribution in [0.15, 0.2) is 35.4 Å². The topological polar surface area (TPSA) is 58.5 Å². The Labute approximate surface area is 131 Å². The lowest BCUT2D eigenvalue weighted by Crippen LogP contribution is -2.31.